The summed E-state index contributed by atoms with van der Waals surface area (Å²) in [4.78, 5) is 2.34. The fraction of sp³-hybridized carbons (Fsp3) is 0.520. The number of ether oxygens (including phenoxy) is 1. The molecule has 0 saturated carbocycles. The Kier molecular flexibility index (Phi) is 5.10. The number of hydrogen-bond acceptors (Lipinski definition) is 4. The van der Waals surface area contributed by atoms with Gasteiger partial charge in [-0.25, -0.2) is 0 Å². The van der Waals surface area contributed by atoms with E-state index in [0.717, 1.165) is 49.2 Å². The fourth-order valence-corrected chi connectivity index (χ4v) is 5.35. The normalized spacial score (nSPS) is 24.4. The van der Waals surface area contributed by atoms with Gasteiger partial charge in [-0.15, -0.1) is 0 Å². The number of rotatable bonds is 3. The summed E-state index contributed by atoms with van der Waals surface area (Å²) in [5, 5.41) is 21.4. The van der Waals surface area contributed by atoms with Crippen LogP contribution in [0.1, 0.15) is 66.6 Å². The van der Waals surface area contributed by atoms with Gasteiger partial charge in [0.1, 0.15) is 11.4 Å². The molecule has 2 atom stereocenters. The number of nitrogens with zero attached hydrogens (tertiary/aromatic N) is 1. The summed E-state index contributed by atoms with van der Waals surface area (Å²) in [5.41, 5.74) is 4.56. The van der Waals surface area contributed by atoms with Crippen LogP contribution < -0.4 is 4.74 Å². The molecule has 2 aliphatic heterocycles. The molecule has 1 aliphatic carbocycles. The van der Waals surface area contributed by atoms with Crippen molar-refractivity contribution in [2.24, 2.45) is 0 Å². The molecular formula is C25H31NO3. The molecule has 0 aromatic heterocycles. The summed E-state index contributed by atoms with van der Waals surface area (Å²) in [7, 11) is 0. The highest BCUT2D eigenvalue weighted by Gasteiger charge is 2.42. The summed E-state index contributed by atoms with van der Waals surface area (Å²) in [6.07, 6.45) is 6.39. The zero-order valence-electron chi connectivity index (χ0n) is 17.0. The molecule has 2 aromatic carbocycles. The lowest BCUT2D eigenvalue weighted by molar-refractivity contribution is -0.0587. The number of aliphatic hydroxyl groups is 2. The maximum Gasteiger partial charge on any atom is 0.125 e. The van der Waals surface area contributed by atoms with E-state index in [1.807, 2.05) is 24.3 Å². The lowest BCUT2D eigenvalue weighted by atomic mass is 9.81. The molecule has 5 rings (SSSR count). The SMILES string of the molecule is OC(CN1CCC2(CC1)CC(O)c1ccccc1O2)c1ccc2c(c1)CCCC2. The Bertz CT molecular complexity index is 872. The number of hydrogen-bond donors (Lipinski definition) is 2. The standard InChI is InChI=1S/C25H31NO3/c27-22-16-25(29-24-8-4-3-7-21(22)24)11-13-26(14-12-25)17-23(28)20-10-9-18-5-1-2-6-19(18)15-20/h3-4,7-10,15,22-23,27-28H,1-2,5-6,11-14,16-17H2. The third-order valence-corrected chi connectivity index (χ3v) is 7.13. The highest BCUT2D eigenvalue weighted by Crippen LogP contribution is 2.44. The molecule has 1 fully saturated rings. The van der Waals surface area contributed by atoms with Crippen LogP contribution in [0.4, 0.5) is 0 Å². The Morgan fingerprint density at radius 2 is 1.79 bits per heavy atom. The van der Waals surface area contributed by atoms with Crippen molar-refractivity contribution >= 4 is 0 Å². The predicted octanol–water partition coefficient (Wildman–Crippen LogP) is 3.95. The van der Waals surface area contributed by atoms with Crippen molar-refractivity contribution in [1.82, 2.24) is 4.90 Å². The van der Waals surface area contributed by atoms with E-state index in [2.05, 4.69) is 23.1 Å². The number of aliphatic hydroxyl groups excluding tert-OH is 2. The Morgan fingerprint density at radius 3 is 2.62 bits per heavy atom. The summed E-state index contributed by atoms with van der Waals surface area (Å²) in [6.45, 7) is 2.43. The zero-order chi connectivity index (χ0) is 19.8. The Morgan fingerprint density at radius 1 is 1.03 bits per heavy atom. The van der Waals surface area contributed by atoms with Gasteiger partial charge in [0.25, 0.3) is 0 Å². The third-order valence-electron chi connectivity index (χ3n) is 7.13. The minimum atomic E-state index is -0.451. The molecule has 1 spiro atoms. The first kappa shape index (κ1) is 19.1. The number of likely N-dealkylation sites (tertiary alicyclic amines) is 1. The van der Waals surface area contributed by atoms with E-state index in [-0.39, 0.29) is 5.60 Å². The van der Waals surface area contributed by atoms with Crippen LogP contribution in [-0.4, -0.2) is 40.3 Å². The minimum absolute atomic E-state index is 0.277. The first-order chi connectivity index (χ1) is 14.1. The second kappa shape index (κ2) is 7.75. The maximum atomic E-state index is 10.8. The molecule has 0 radical (unpaired) electrons. The van der Waals surface area contributed by atoms with E-state index < -0.39 is 12.2 Å². The van der Waals surface area contributed by atoms with Crippen molar-refractivity contribution in [3.05, 3.63) is 64.7 Å². The van der Waals surface area contributed by atoms with Gasteiger partial charge in [-0.1, -0.05) is 36.4 Å². The lowest BCUT2D eigenvalue weighted by Gasteiger charge is -2.46. The Hall–Kier alpha value is -1.88. The van der Waals surface area contributed by atoms with Crippen LogP contribution in [0.15, 0.2) is 42.5 Å². The smallest absolute Gasteiger partial charge is 0.125 e. The number of benzene rings is 2. The van der Waals surface area contributed by atoms with Gasteiger partial charge in [0.05, 0.1) is 12.2 Å². The quantitative estimate of drug-likeness (QED) is 0.829. The van der Waals surface area contributed by atoms with Gasteiger partial charge in [0.15, 0.2) is 0 Å². The molecule has 4 heteroatoms. The lowest BCUT2D eigenvalue weighted by Crippen LogP contribution is -2.51. The number of para-hydroxylation sites is 1. The minimum Gasteiger partial charge on any atom is -0.487 e. The first-order valence-corrected chi connectivity index (χ1v) is 11.1. The van der Waals surface area contributed by atoms with Crippen LogP contribution in [0.25, 0.3) is 0 Å². The van der Waals surface area contributed by atoms with Crippen molar-refractivity contribution in [1.29, 1.82) is 0 Å². The van der Waals surface area contributed by atoms with E-state index in [9.17, 15) is 10.2 Å². The summed E-state index contributed by atoms with van der Waals surface area (Å²) in [5.74, 6) is 0.828. The highest BCUT2D eigenvalue weighted by atomic mass is 16.5. The van der Waals surface area contributed by atoms with E-state index in [4.69, 9.17) is 4.74 Å². The fourth-order valence-electron chi connectivity index (χ4n) is 5.35. The van der Waals surface area contributed by atoms with Crippen LogP contribution in [0.3, 0.4) is 0 Å². The molecule has 2 aromatic rings. The Balaban J connectivity index is 1.21. The molecule has 29 heavy (non-hydrogen) atoms. The van der Waals surface area contributed by atoms with Crippen LogP contribution in [0.5, 0.6) is 5.75 Å². The molecule has 2 unspecified atom stereocenters. The van der Waals surface area contributed by atoms with E-state index >= 15 is 0 Å². The molecule has 3 aliphatic rings. The van der Waals surface area contributed by atoms with E-state index in [1.54, 1.807) is 0 Å². The molecule has 1 saturated heterocycles. The summed E-state index contributed by atoms with van der Waals surface area (Å²) >= 11 is 0. The zero-order valence-corrected chi connectivity index (χ0v) is 17.0. The number of β-amino-alcohol motifs (C(OH)–C–C–N with tert-alkyl or cyclic N) is 1. The number of fused-ring (bicyclic) bond motifs is 2. The molecule has 4 nitrogen and oxygen atoms in total. The van der Waals surface area contributed by atoms with Gasteiger partial charge in [0, 0.05) is 31.6 Å². The predicted molar refractivity (Wildman–Crippen MR) is 113 cm³/mol. The third kappa shape index (κ3) is 3.81. The second-order valence-electron chi connectivity index (χ2n) is 9.09. The average Bonchev–Trinajstić information content (AvgIpc) is 2.75. The topological polar surface area (TPSA) is 52.9 Å². The molecule has 2 N–H and O–H groups in total. The van der Waals surface area contributed by atoms with Gasteiger partial charge in [0.2, 0.25) is 0 Å². The molecule has 0 amide bonds. The highest BCUT2D eigenvalue weighted by molar-refractivity contribution is 5.38. The maximum absolute atomic E-state index is 10.8. The molecule has 2 heterocycles. The largest absolute Gasteiger partial charge is 0.487 e. The van der Waals surface area contributed by atoms with Crippen molar-refractivity contribution < 1.29 is 14.9 Å². The number of piperidine rings is 1. The van der Waals surface area contributed by atoms with Crippen molar-refractivity contribution in [2.75, 3.05) is 19.6 Å². The molecule has 0 bridgehead atoms. The van der Waals surface area contributed by atoms with Gasteiger partial charge in [-0.05, 0) is 61.3 Å². The van der Waals surface area contributed by atoms with Gasteiger partial charge in [-0.2, -0.15) is 0 Å². The molecule has 154 valence electrons. The van der Waals surface area contributed by atoms with Gasteiger partial charge in [-0.3, -0.25) is 0 Å². The van der Waals surface area contributed by atoms with Crippen molar-refractivity contribution in [3.63, 3.8) is 0 Å². The van der Waals surface area contributed by atoms with Crippen molar-refractivity contribution in [3.8, 4) is 5.75 Å². The van der Waals surface area contributed by atoms with Crippen LogP contribution in [0.2, 0.25) is 0 Å². The second-order valence-corrected chi connectivity index (χ2v) is 9.09. The summed E-state index contributed by atoms with van der Waals surface area (Å²) < 4.78 is 6.38. The van der Waals surface area contributed by atoms with Crippen LogP contribution in [0, 0.1) is 0 Å². The Labute approximate surface area is 173 Å². The van der Waals surface area contributed by atoms with E-state index in [0.29, 0.717) is 13.0 Å². The first-order valence-electron chi connectivity index (χ1n) is 11.1. The molecular weight excluding hydrogens is 362 g/mol. The van der Waals surface area contributed by atoms with Gasteiger partial charge < -0.3 is 19.8 Å². The van der Waals surface area contributed by atoms with E-state index in [1.165, 1.54) is 30.4 Å². The average molecular weight is 394 g/mol. The van der Waals surface area contributed by atoms with Crippen LogP contribution in [-0.2, 0) is 12.8 Å². The van der Waals surface area contributed by atoms with Crippen LogP contribution >= 0.6 is 0 Å². The van der Waals surface area contributed by atoms with Gasteiger partial charge >= 0.3 is 0 Å². The monoisotopic (exact) mass is 393 g/mol. The summed E-state index contributed by atoms with van der Waals surface area (Å²) in [6, 6.07) is 14.4. The van der Waals surface area contributed by atoms with Crippen molar-refractivity contribution in [2.45, 2.75) is 62.8 Å². The number of aryl methyl sites for hydroxylation is 2.